The van der Waals surface area contributed by atoms with Gasteiger partial charge in [0.05, 0.1) is 13.2 Å². The highest BCUT2D eigenvalue weighted by molar-refractivity contribution is 5.32. The third-order valence-electron chi connectivity index (χ3n) is 4.26. The number of nitrogens with two attached hydrogens (primary N) is 1. The van der Waals surface area contributed by atoms with Crippen LogP contribution >= 0.6 is 0 Å². The highest BCUT2D eigenvalue weighted by Crippen LogP contribution is 2.43. The molecule has 2 fully saturated rings. The first-order valence-corrected chi connectivity index (χ1v) is 6.86. The average molecular weight is 265 g/mol. The number of halogens is 1. The molecule has 2 atom stereocenters. The van der Waals surface area contributed by atoms with Crippen molar-refractivity contribution in [3.05, 3.63) is 29.6 Å². The molecular formula is C15H20FNO2. The van der Waals surface area contributed by atoms with E-state index in [1.54, 1.807) is 12.1 Å². The Morgan fingerprint density at radius 2 is 2.26 bits per heavy atom. The molecule has 1 saturated heterocycles. The van der Waals surface area contributed by atoms with Crippen molar-refractivity contribution in [3.8, 4) is 5.75 Å². The second kappa shape index (κ2) is 4.76. The fraction of sp³-hybridized carbons (Fsp3) is 0.600. The van der Waals surface area contributed by atoms with Crippen molar-refractivity contribution in [3.63, 3.8) is 0 Å². The Hall–Kier alpha value is -1.13. The molecule has 1 aromatic rings. The normalized spacial score (nSPS) is 30.6. The van der Waals surface area contributed by atoms with E-state index >= 15 is 0 Å². The summed E-state index contributed by atoms with van der Waals surface area (Å²) < 4.78 is 25.0. The first kappa shape index (κ1) is 12.9. The van der Waals surface area contributed by atoms with Crippen LogP contribution < -0.4 is 10.5 Å². The van der Waals surface area contributed by atoms with Gasteiger partial charge in [-0.2, -0.15) is 0 Å². The molecule has 0 bridgehead atoms. The summed E-state index contributed by atoms with van der Waals surface area (Å²) in [5.74, 6) is 0.556. The molecule has 3 rings (SSSR count). The highest BCUT2D eigenvalue weighted by atomic mass is 19.1. The molecule has 1 saturated carbocycles. The molecule has 1 aliphatic carbocycles. The van der Waals surface area contributed by atoms with Crippen molar-refractivity contribution in [2.45, 2.75) is 37.3 Å². The molecule has 2 aliphatic rings. The predicted octanol–water partition coefficient (Wildman–Crippen LogP) is 2.27. The first-order valence-electron chi connectivity index (χ1n) is 6.86. The van der Waals surface area contributed by atoms with Gasteiger partial charge in [-0.1, -0.05) is 12.1 Å². The van der Waals surface area contributed by atoms with Crippen LogP contribution in [0.5, 0.6) is 5.75 Å². The van der Waals surface area contributed by atoms with Crippen molar-refractivity contribution in [1.82, 2.24) is 0 Å². The largest absolute Gasteiger partial charge is 0.494 e. The Morgan fingerprint density at radius 1 is 1.47 bits per heavy atom. The second-order valence-electron chi connectivity index (χ2n) is 5.72. The molecule has 104 valence electrons. The average Bonchev–Trinajstić information content (AvgIpc) is 3.16. The van der Waals surface area contributed by atoms with Gasteiger partial charge >= 0.3 is 0 Å². The van der Waals surface area contributed by atoms with Gasteiger partial charge in [0.15, 0.2) is 11.6 Å². The molecule has 2 unspecified atom stereocenters. The SMILES string of the molecule is COc1cccc(CC2(N)CCOC2C2CC2)c1F. The van der Waals surface area contributed by atoms with E-state index in [0.717, 1.165) is 6.42 Å². The van der Waals surface area contributed by atoms with Crippen LogP contribution in [0.15, 0.2) is 18.2 Å². The summed E-state index contributed by atoms with van der Waals surface area (Å²) in [6, 6.07) is 5.23. The van der Waals surface area contributed by atoms with Crippen LogP contribution in [0.2, 0.25) is 0 Å². The molecule has 0 radical (unpaired) electrons. The zero-order chi connectivity index (χ0) is 13.5. The molecule has 3 nitrogen and oxygen atoms in total. The van der Waals surface area contributed by atoms with Crippen LogP contribution in [-0.2, 0) is 11.2 Å². The lowest BCUT2D eigenvalue weighted by Gasteiger charge is -2.30. The lowest BCUT2D eigenvalue weighted by atomic mass is 9.83. The number of benzene rings is 1. The van der Waals surface area contributed by atoms with E-state index in [0.29, 0.717) is 24.5 Å². The summed E-state index contributed by atoms with van der Waals surface area (Å²) in [7, 11) is 1.48. The van der Waals surface area contributed by atoms with Crippen LogP contribution in [0.3, 0.4) is 0 Å². The topological polar surface area (TPSA) is 44.5 Å². The van der Waals surface area contributed by atoms with Gasteiger partial charge in [0, 0.05) is 12.1 Å². The van der Waals surface area contributed by atoms with Crippen molar-refractivity contribution in [2.24, 2.45) is 11.7 Å². The molecule has 2 N–H and O–H groups in total. The van der Waals surface area contributed by atoms with Gasteiger partial charge in [-0.15, -0.1) is 0 Å². The van der Waals surface area contributed by atoms with E-state index in [1.165, 1.54) is 20.0 Å². The van der Waals surface area contributed by atoms with Gasteiger partial charge < -0.3 is 15.2 Å². The van der Waals surface area contributed by atoms with E-state index in [1.807, 2.05) is 6.07 Å². The van der Waals surface area contributed by atoms with Gasteiger partial charge in [-0.25, -0.2) is 4.39 Å². The Morgan fingerprint density at radius 3 is 2.95 bits per heavy atom. The summed E-state index contributed by atoms with van der Waals surface area (Å²) in [6.07, 6.45) is 3.76. The molecule has 19 heavy (non-hydrogen) atoms. The van der Waals surface area contributed by atoms with Gasteiger partial charge in [0.2, 0.25) is 0 Å². The summed E-state index contributed by atoms with van der Waals surface area (Å²) in [5.41, 5.74) is 6.69. The van der Waals surface area contributed by atoms with Crippen LogP contribution in [0.25, 0.3) is 0 Å². The molecule has 4 heteroatoms. The Bertz CT molecular complexity index is 475. The molecule has 0 amide bonds. The second-order valence-corrected chi connectivity index (χ2v) is 5.72. The van der Waals surface area contributed by atoms with Crippen molar-refractivity contribution >= 4 is 0 Å². The maximum Gasteiger partial charge on any atom is 0.168 e. The van der Waals surface area contributed by atoms with E-state index in [-0.39, 0.29) is 17.7 Å². The number of rotatable bonds is 4. The predicted molar refractivity (Wildman–Crippen MR) is 70.7 cm³/mol. The minimum Gasteiger partial charge on any atom is -0.494 e. The number of hydrogen-bond acceptors (Lipinski definition) is 3. The minimum atomic E-state index is -0.436. The van der Waals surface area contributed by atoms with Crippen LogP contribution in [0, 0.1) is 11.7 Å². The van der Waals surface area contributed by atoms with Crippen molar-refractivity contribution in [2.75, 3.05) is 13.7 Å². The van der Waals surface area contributed by atoms with Gasteiger partial charge in [0.1, 0.15) is 0 Å². The number of ether oxygens (including phenoxy) is 2. The Balaban J connectivity index is 1.83. The van der Waals surface area contributed by atoms with E-state index in [9.17, 15) is 4.39 Å². The molecule has 0 aromatic heterocycles. The summed E-state index contributed by atoms with van der Waals surface area (Å²) in [4.78, 5) is 0. The maximum atomic E-state index is 14.2. The van der Waals surface area contributed by atoms with Crippen LogP contribution in [0.1, 0.15) is 24.8 Å². The zero-order valence-electron chi connectivity index (χ0n) is 11.2. The highest BCUT2D eigenvalue weighted by Gasteiger charge is 2.48. The van der Waals surface area contributed by atoms with Crippen LogP contribution in [0.4, 0.5) is 4.39 Å². The smallest absolute Gasteiger partial charge is 0.168 e. The van der Waals surface area contributed by atoms with E-state index in [4.69, 9.17) is 15.2 Å². The number of hydrogen-bond donors (Lipinski definition) is 1. The minimum absolute atomic E-state index is 0.0816. The molecule has 1 heterocycles. The van der Waals surface area contributed by atoms with Gasteiger partial charge in [-0.05, 0) is 43.2 Å². The number of methoxy groups -OCH3 is 1. The lowest BCUT2D eigenvalue weighted by molar-refractivity contribution is 0.0624. The van der Waals surface area contributed by atoms with E-state index < -0.39 is 5.54 Å². The summed E-state index contributed by atoms with van der Waals surface area (Å²) in [6.45, 7) is 0.684. The fourth-order valence-corrected chi connectivity index (χ4v) is 3.08. The maximum absolute atomic E-state index is 14.2. The van der Waals surface area contributed by atoms with Crippen molar-refractivity contribution < 1.29 is 13.9 Å². The standard InChI is InChI=1S/C15H20FNO2/c1-18-12-4-2-3-11(13(12)16)9-15(17)7-8-19-14(15)10-5-6-10/h2-4,10,14H,5-9,17H2,1H3. The molecule has 1 aliphatic heterocycles. The third kappa shape index (κ3) is 2.35. The van der Waals surface area contributed by atoms with Gasteiger partial charge in [-0.3, -0.25) is 0 Å². The summed E-state index contributed by atoms with van der Waals surface area (Å²) >= 11 is 0. The molecular weight excluding hydrogens is 245 g/mol. The zero-order valence-corrected chi connectivity index (χ0v) is 11.2. The first-order chi connectivity index (χ1) is 9.14. The lowest BCUT2D eigenvalue weighted by Crippen LogP contribution is -2.50. The fourth-order valence-electron chi connectivity index (χ4n) is 3.08. The quantitative estimate of drug-likeness (QED) is 0.908. The molecule has 1 aromatic carbocycles. The third-order valence-corrected chi connectivity index (χ3v) is 4.26. The Kier molecular flexibility index (Phi) is 3.23. The van der Waals surface area contributed by atoms with Crippen molar-refractivity contribution in [1.29, 1.82) is 0 Å². The monoisotopic (exact) mass is 265 g/mol. The summed E-state index contributed by atoms with van der Waals surface area (Å²) in [5, 5.41) is 0. The van der Waals surface area contributed by atoms with E-state index in [2.05, 4.69) is 0 Å². The van der Waals surface area contributed by atoms with Gasteiger partial charge in [0.25, 0.3) is 0 Å². The van der Waals surface area contributed by atoms with Crippen LogP contribution in [-0.4, -0.2) is 25.4 Å². The molecule has 0 spiro atoms. The Labute approximate surface area is 112 Å².